The summed E-state index contributed by atoms with van der Waals surface area (Å²) in [5, 5.41) is 0. The van der Waals surface area contributed by atoms with Gasteiger partial charge in [-0.25, -0.2) is 4.98 Å². The highest BCUT2D eigenvalue weighted by atomic mass is 15.0. The Labute approximate surface area is 83.2 Å². The molecule has 0 unspecified atom stereocenters. The molecule has 0 bridgehead atoms. The van der Waals surface area contributed by atoms with Gasteiger partial charge in [-0.15, -0.1) is 0 Å². The average Bonchev–Trinajstić information content (AvgIpc) is 2.65. The Morgan fingerprint density at radius 2 is 2.29 bits per heavy atom. The van der Waals surface area contributed by atoms with Crippen molar-refractivity contribution in [2.45, 2.75) is 6.54 Å². The fourth-order valence-corrected chi connectivity index (χ4v) is 1.49. The van der Waals surface area contributed by atoms with E-state index in [4.69, 9.17) is 5.73 Å². The van der Waals surface area contributed by atoms with Gasteiger partial charge in [-0.1, -0.05) is 18.2 Å². The van der Waals surface area contributed by atoms with E-state index in [-0.39, 0.29) is 0 Å². The van der Waals surface area contributed by atoms with Gasteiger partial charge in [0.1, 0.15) is 0 Å². The van der Waals surface area contributed by atoms with Crippen molar-refractivity contribution in [2.24, 2.45) is 12.8 Å². The first-order chi connectivity index (χ1) is 6.81. The van der Waals surface area contributed by atoms with Crippen molar-refractivity contribution in [1.82, 2.24) is 9.55 Å². The Balaban J connectivity index is 2.47. The number of aryl methyl sites for hydroxylation is 1. The van der Waals surface area contributed by atoms with Gasteiger partial charge in [0.15, 0.2) is 0 Å². The maximum atomic E-state index is 5.59. The molecule has 0 fully saturated rings. The minimum absolute atomic E-state index is 0.575. The standard InChI is InChI=1S/C11H13N3/c1-14-8-13-7-11(14)10-4-2-3-9(5-10)6-12/h2-5,7-8H,6,12H2,1H3. The molecule has 1 aromatic heterocycles. The summed E-state index contributed by atoms with van der Waals surface area (Å²) in [5.41, 5.74) is 9.00. The fraction of sp³-hybridized carbons (Fsp3) is 0.182. The van der Waals surface area contributed by atoms with Gasteiger partial charge < -0.3 is 10.3 Å². The van der Waals surface area contributed by atoms with E-state index in [1.807, 2.05) is 29.9 Å². The van der Waals surface area contributed by atoms with Crippen LogP contribution >= 0.6 is 0 Å². The normalized spacial score (nSPS) is 10.4. The quantitative estimate of drug-likeness (QED) is 0.775. The molecule has 0 spiro atoms. The molecule has 2 rings (SSSR count). The number of imidazole rings is 1. The average molecular weight is 187 g/mol. The zero-order valence-electron chi connectivity index (χ0n) is 8.14. The van der Waals surface area contributed by atoms with Crippen LogP contribution < -0.4 is 5.73 Å². The maximum Gasteiger partial charge on any atom is 0.0948 e. The Morgan fingerprint density at radius 1 is 1.43 bits per heavy atom. The molecule has 3 heteroatoms. The maximum absolute atomic E-state index is 5.59. The number of nitrogens with zero attached hydrogens (tertiary/aromatic N) is 2. The Bertz CT molecular complexity index is 432. The first kappa shape index (κ1) is 8.97. The molecule has 0 saturated carbocycles. The Kier molecular flexibility index (Phi) is 2.33. The van der Waals surface area contributed by atoms with E-state index < -0.39 is 0 Å². The molecule has 3 nitrogen and oxygen atoms in total. The lowest BCUT2D eigenvalue weighted by molar-refractivity contribution is 0.921. The van der Waals surface area contributed by atoms with Gasteiger partial charge in [0, 0.05) is 19.2 Å². The summed E-state index contributed by atoms with van der Waals surface area (Å²) in [6.45, 7) is 0.575. The SMILES string of the molecule is Cn1cncc1-c1cccc(CN)c1. The molecule has 14 heavy (non-hydrogen) atoms. The smallest absolute Gasteiger partial charge is 0.0948 e. The first-order valence-electron chi connectivity index (χ1n) is 4.57. The third kappa shape index (κ3) is 1.54. The van der Waals surface area contributed by atoms with E-state index in [2.05, 4.69) is 17.1 Å². The largest absolute Gasteiger partial charge is 0.334 e. The van der Waals surface area contributed by atoms with Crippen molar-refractivity contribution >= 4 is 0 Å². The molecule has 1 heterocycles. The molecule has 0 radical (unpaired) electrons. The third-order valence-electron chi connectivity index (χ3n) is 2.28. The van der Waals surface area contributed by atoms with E-state index >= 15 is 0 Å². The lowest BCUT2D eigenvalue weighted by Crippen LogP contribution is -1.96. The van der Waals surface area contributed by atoms with Gasteiger partial charge in [-0.05, 0) is 11.6 Å². The van der Waals surface area contributed by atoms with Crippen molar-refractivity contribution < 1.29 is 0 Å². The lowest BCUT2D eigenvalue weighted by atomic mass is 10.1. The molecular weight excluding hydrogens is 174 g/mol. The van der Waals surface area contributed by atoms with Crippen LogP contribution in [0.2, 0.25) is 0 Å². The van der Waals surface area contributed by atoms with E-state index in [1.165, 1.54) is 0 Å². The van der Waals surface area contributed by atoms with Crippen molar-refractivity contribution in [3.05, 3.63) is 42.4 Å². The van der Waals surface area contributed by atoms with Gasteiger partial charge in [-0.2, -0.15) is 0 Å². The van der Waals surface area contributed by atoms with Crippen molar-refractivity contribution in [1.29, 1.82) is 0 Å². The molecule has 0 amide bonds. The molecule has 0 aliphatic rings. The molecule has 0 aliphatic carbocycles. The highest BCUT2D eigenvalue weighted by Gasteiger charge is 2.01. The summed E-state index contributed by atoms with van der Waals surface area (Å²) in [5.74, 6) is 0. The molecule has 0 aliphatic heterocycles. The van der Waals surface area contributed by atoms with Crippen LogP contribution in [0, 0.1) is 0 Å². The number of aromatic nitrogens is 2. The number of nitrogens with two attached hydrogens (primary N) is 1. The van der Waals surface area contributed by atoms with Crippen molar-refractivity contribution in [2.75, 3.05) is 0 Å². The Hall–Kier alpha value is -1.61. The summed E-state index contributed by atoms with van der Waals surface area (Å²) >= 11 is 0. The van der Waals surface area contributed by atoms with Crippen molar-refractivity contribution in [3.8, 4) is 11.3 Å². The Morgan fingerprint density at radius 3 is 2.93 bits per heavy atom. The number of rotatable bonds is 2. The fourth-order valence-electron chi connectivity index (χ4n) is 1.49. The van der Waals surface area contributed by atoms with Crippen molar-refractivity contribution in [3.63, 3.8) is 0 Å². The van der Waals surface area contributed by atoms with Gasteiger partial charge in [0.25, 0.3) is 0 Å². The molecule has 72 valence electrons. The van der Waals surface area contributed by atoms with E-state index in [9.17, 15) is 0 Å². The van der Waals surface area contributed by atoms with E-state index in [0.717, 1.165) is 16.8 Å². The van der Waals surface area contributed by atoms with Crippen LogP contribution in [-0.2, 0) is 13.6 Å². The number of hydrogen-bond acceptors (Lipinski definition) is 2. The summed E-state index contributed by atoms with van der Waals surface area (Å²) < 4.78 is 2.00. The van der Waals surface area contributed by atoms with Crippen LogP contribution in [0.25, 0.3) is 11.3 Å². The molecule has 1 aromatic carbocycles. The van der Waals surface area contributed by atoms with E-state index in [1.54, 1.807) is 6.33 Å². The molecule has 0 atom stereocenters. The second kappa shape index (κ2) is 3.64. The van der Waals surface area contributed by atoms with E-state index in [0.29, 0.717) is 6.54 Å². The molecule has 2 N–H and O–H groups in total. The summed E-state index contributed by atoms with van der Waals surface area (Å²) in [4.78, 5) is 4.09. The van der Waals surface area contributed by atoms with Gasteiger partial charge >= 0.3 is 0 Å². The zero-order valence-corrected chi connectivity index (χ0v) is 8.14. The number of hydrogen-bond donors (Lipinski definition) is 1. The molecule has 2 aromatic rings. The second-order valence-electron chi connectivity index (χ2n) is 3.29. The first-order valence-corrected chi connectivity index (χ1v) is 4.57. The van der Waals surface area contributed by atoms with Gasteiger partial charge in [-0.3, -0.25) is 0 Å². The summed E-state index contributed by atoms with van der Waals surface area (Å²) in [7, 11) is 1.98. The highest BCUT2D eigenvalue weighted by molar-refractivity contribution is 5.59. The number of benzene rings is 1. The highest BCUT2D eigenvalue weighted by Crippen LogP contribution is 2.18. The van der Waals surface area contributed by atoms with Crippen LogP contribution in [0.5, 0.6) is 0 Å². The lowest BCUT2D eigenvalue weighted by Gasteiger charge is -2.03. The van der Waals surface area contributed by atoms with Crippen LogP contribution in [0.1, 0.15) is 5.56 Å². The third-order valence-corrected chi connectivity index (χ3v) is 2.28. The summed E-state index contributed by atoms with van der Waals surface area (Å²) in [6, 6.07) is 8.21. The minimum Gasteiger partial charge on any atom is -0.334 e. The predicted octanol–water partition coefficient (Wildman–Crippen LogP) is 1.55. The molecular formula is C11H13N3. The monoisotopic (exact) mass is 187 g/mol. The zero-order chi connectivity index (χ0) is 9.97. The van der Waals surface area contributed by atoms with Crippen LogP contribution in [0.4, 0.5) is 0 Å². The minimum atomic E-state index is 0.575. The van der Waals surface area contributed by atoms with Crippen LogP contribution in [0.3, 0.4) is 0 Å². The topological polar surface area (TPSA) is 43.8 Å². The predicted molar refractivity (Wildman–Crippen MR) is 56.5 cm³/mol. The molecule has 0 saturated heterocycles. The van der Waals surface area contributed by atoms with Crippen LogP contribution in [0.15, 0.2) is 36.8 Å². The second-order valence-corrected chi connectivity index (χ2v) is 3.29. The van der Waals surface area contributed by atoms with Gasteiger partial charge in [0.05, 0.1) is 18.2 Å². The summed E-state index contributed by atoms with van der Waals surface area (Å²) in [6.07, 6.45) is 3.65. The van der Waals surface area contributed by atoms with Gasteiger partial charge in [0.2, 0.25) is 0 Å². The van der Waals surface area contributed by atoms with Crippen LogP contribution in [-0.4, -0.2) is 9.55 Å².